The summed E-state index contributed by atoms with van der Waals surface area (Å²) in [6.45, 7) is 2.78. The summed E-state index contributed by atoms with van der Waals surface area (Å²) in [4.78, 5) is 11.5. The molecule has 0 radical (unpaired) electrons. The Morgan fingerprint density at radius 2 is 2.46 bits per heavy atom. The zero-order valence-electron chi connectivity index (χ0n) is 8.34. The number of ether oxygens (including phenoxy) is 1. The molecule has 2 heteroatoms. The summed E-state index contributed by atoms with van der Waals surface area (Å²) in [5, 5.41) is 0. The molecule has 2 aliphatic carbocycles. The van der Waals surface area contributed by atoms with Crippen LogP contribution in [0, 0.1) is 5.92 Å². The minimum Gasteiger partial charge on any atom is -0.375 e. The molecule has 0 saturated heterocycles. The first kappa shape index (κ1) is 9.20. The lowest BCUT2D eigenvalue weighted by Crippen LogP contribution is -2.44. The second-order valence-corrected chi connectivity index (χ2v) is 4.50. The van der Waals surface area contributed by atoms with Crippen molar-refractivity contribution in [1.82, 2.24) is 0 Å². The zero-order chi connectivity index (χ0) is 9.31. The maximum atomic E-state index is 11.5. The van der Waals surface area contributed by atoms with Gasteiger partial charge in [0, 0.05) is 19.4 Å². The predicted octanol–water partition coefficient (Wildman–Crippen LogP) is 2.31. The molecule has 2 bridgehead atoms. The van der Waals surface area contributed by atoms with E-state index in [2.05, 4.69) is 0 Å². The van der Waals surface area contributed by atoms with E-state index in [1.165, 1.54) is 12.8 Å². The molecule has 0 N–H and O–H groups in total. The van der Waals surface area contributed by atoms with E-state index in [1.807, 2.05) is 6.92 Å². The predicted molar refractivity (Wildman–Crippen MR) is 50.6 cm³/mol. The summed E-state index contributed by atoms with van der Waals surface area (Å²) in [6, 6.07) is 0. The van der Waals surface area contributed by atoms with Crippen molar-refractivity contribution in [2.75, 3.05) is 6.61 Å². The van der Waals surface area contributed by atoms with Crippen molar-refractivity contribution in [2.24, 2.45) is 5.92 Å². The van der Waals surface area contributed by atoms with Crippen molar-refractivity contribution < 1.29 is 9.53 Å². The van der Waals surface area contributed by atoms with Crippen molar-refractivity contribution in [3.8, 4) is 0 Å². The Kier molecular flexibility index (Phi) is 2.41. The molecule has 2 rings (SSSR count). The summed E-state index contributed by atoms with van der Waals surface area (Å²) < 4.78 is 5.79. The first-order chi connectivity index (χ1) is 6.24. The average molecular weight is 182 g/mol. The van der Waals surface area contributed by atoms with Crippen molar-refractivity contribution >= 4 is 5.78 Å². The van der Waals surface area contributed by atoms with Crippen molar-refractivity contribution in [3.05, 3.63) is 0 Å². The number of ketones is 1. The van der Waals surface area contributed by atoms with Crippen LogP contribution in [0.2, 0.25) is 0 Å². The number of hydrogen-bond donors (Lipinski definition) is 0. The second-order valence-electron chi connectivity index (χ2n) is 4.50. The van der Waals surface area contributed by atoms with Crippen LogP contribution in [0.25, 0.3) is 0 Å². The van der Waals surface area contributed by atoms with E-state index in [0.29, 0.717) is 18.1 Å². The molecule has 0 aromatic carbocycles. The number of rotatable bonds is 2. The monoisotopic (exact) mass is 182 g/mol. The van der Waals surface area contributed by atoms with Gasteiger partial charge in [-0.1, -0.05) is 6.42 Å². The van der Waals surface area contributed by atoms with Gasteiger partial charge in [-0.3, -0.25) is 4.79 Å². The fraction of sp³-hybridized carbons (Fsp3) is 0.909. The molecule has 13 heavy (non-hydrogen) atoms. The van der Waals surface area contributed by atoms with Gasteiger partial charge in [0.2, 0.25) is 0 Å². The molecule has 0 amide bonds. The summed E-state index contributed by atoms with van der Waals surface area (Å²) in [5.74, 6) is 1.05. The van der Waals surface area contributed by atoms with Gasteiger partial charge in [-0.2, -0.15) is 0 Å². The van der Waals surface area contributed by atoms with Crippen LogP contribution in [0.4, 0.5) is 0 Å². The number of carbonyl (C=O) groups excluding carboxylic acids is 1. The van der Waals surface area contributed by atoms with Crippen molar-refractivity contribution in [1.29, 1.82) is 0 Å². The third-order valence-electron chi connectivity index (χ3n) is 3.39. The molecular weight excluding hydrogens is 164 g/mol. The summed E-state index contributed by atoms with van der Waals surface area (Å²) in [5.41, 5.74) is -0.0486. The maximum absolute atomic E-state index is 11.5. The van der Waals surface area contributed by atoms with Gasteiger partial charge in [0.15, 0.2) is 0 Å². The molecule has 0 aromatic rings. The van der Waals surface area contributed by atoms with Crippen molar-refractivity contribution in [2.45, 2.75) is 51.0 Å². The highest BCUT2D eigenvalue weighted by Crippen LogP contribution is 2.43. The Morgan fingerprint density at radius 3 is 3.23 bits per heavy atom. The SMILES string of the molecule is CCOC12CCCC(CC(=O)C1)C2. The normalized spacial score (nSPS) is 39.2. The Labute approximate surface area is 79.7 Å². The molecule has 74 valence electrons. The third kappa shape index (κ3) is 1.78. The van der Waals surface area contributed by atoms with Crippen molar-refractivity contribution in [3.63, 3.8) is 0 Å². The molecule has 2 unspecified atom stereocenters. The smallest absolute Gasteiger partial charge is 0.136 e. The minimum atomic E-state index is -0.0486. The highest BCUT2D eigenvalue weighted by molar-refractivity contribution is 5.80. The molecule has 0 aromatic heterocycles. The van der Waals surface area contributed by atoms with Gasteiger partial charge in [-0.05, 0) is 32.1 Å². The van der Waals surface area contributed by atoms with E-state index in [0.717, 1.165) is 25.9 Å². The maximum Gasteiger partial charge on any atom is 0.136 e. The molecule has 2 fully saturated rings. The van der Waals surface area contributed by atoms with Crippen LogP contribution in [-0.2, 0) is 9.53 Å². The summed E-state index contributed by atoms with van der Waals surface area (Å²) in [7, 11) is 0. The lowest BCUT2D eigenvalue weighted by molar-refractivity contribution is -0.143. The third-order valence-corrected chi connectivity index (χ3v) is 3.39. The van der Waals surface area contributed by atoms with E-state index < -0.39 is 0 Å². The fourth-order valence-corrected chi connectivity index (χ4v) is 3.02. The molecule has 2 nitrogen and oxygen atoms in total. The van der Waals surface area contributed by atoms with E-state index >= 15 is 0 Å². The molecule has 0 spiro atoms. The van der Waals surface area contributed by atoms with E-state index in [4.69, 9.17) is 4.74 Å². The highest BCUT2D eigenvalue weighted by Gasteiger charge is 2.43. The zero-order valence-corrected chi connectivity index (χ0v) is 8.34. The summed E-state index contributed by atoms with van der Waals surface area (Å²) in [6.07, 6.45) is 6.21. The minimum absolute atomic E-state index is 0.0486. The highest BCUT2D eigenvalue weighted by atomic mass is 16.5. The van der Waals surface area contributed by atoms with E-state index in [-0.39, 0.29) is 5.60 Å². The van der Waals surface area contributed by atoms with Crippen LogP contribution in [0.1, 0.15) is 45.4 Å². The number of fused-ring (bicyclic) bond motifs is 2. The second kappa shape index (κ2) is 3.41. The van der Waals surface area contributed by atoms with Gasteiger partial charge in [-0.15, -0.1) is 0 Å². The lowest BCUT2D eigenvalue weighted by atomic mass is 9.68. The average Bonchev–Trinajstić information content (AvgIpc) is 2.02. The van der Waals surface area contributed by atoms with E-state index in [1.54, 1.807) is 0 Å². The lowest BCUT2D eigenvalue weighted by Gasteiger charge is -2.44. The molecule has 0 heterocycles. The molecule has 2 atom stereocenters. The standard InChI is InChI=1S/C11H18O2/c1-2-13-11-5-3-4-9(7-11)6-10(12)8-11/h9H,2-8H2,1H3. The van der Waals surface area contributed by atoms with Gasteiger partial charge < -0.3 is 4.74 Å². The molecule has 0 aliphatic heterocycles. The van der Waals surface area contributed by atoms with Gasteiger partial charge in [0.25, 0.3) is 0 Å². The first-order valence-electron chi connectivity index (χ1n) is 5.40. The molecule has 2 saturated carbocycles. The molecular formula is C11H18O2. The van der Waals surface area contributed by atoms with Gasteiger partial charge in [-0.25, -0.2) is 0 Å². The largest absolute Gasteiger partial charge is 0.375 e. The van der Waals surface area contributed by atoms with Crippen LogP contribution in [-0.4, -0.2) is 18.0 Å². The van der Waals surface area contributed by atoms with Gasteiger partial charge in [0.05, 0.1) is 5.60 Å². The fourth-order valence-electron chi connectivity index (χ4n) is 3.02. The Hall–Kier alpha value is -0.370. The Morgan fingerprint density at radius 1 is 1.62 bits per heavy atom. The quantitative estimate of drug-likeness (QED) is 0.655. The van der Waals surface area contributed by atoms with Crippen LogP contribution in [0.3, 0.4) is 0 Å². The van der Waals surface area contributed by atoms with Crippen LogP contribution < -0.4 is 0 Å². The first-order valence-corrected chi connectivity index (χ1v) is 5.40. The topological polar surface area (TPSA) is 26.3 Å². The molecule has 2 aliphatic rings. The number of Topliss-reactive ketones (excluding diaryl/α,β-unsaturated/α-hetero) is 1. The Balaban J connectivity index is 2.10. The Bertz CT molecular complexity index is 208. The summed E-state index contributed by atoms with van der Waals surface area (Å²) >= 11 is 0. The van der Waals surface area contributed by atoms with E-state index in [9.17, 15) is 4.79 Å². The number of hydrogen-bond acceptors (Lipinski definition) is 2. The van der Waals surface area contributed by atoms with Crippen LogP contribution in [0.5, 0.6) is 0 Å². The van der Waals surface area contributed by atoms with Gasteiger partial charge in [0.1, 0.15) is 5.78 Å². The van der Waals surface area contributed by atoms with Crippen LogP contribution >= 0.6 is 0 Å². The van der Waals surface area contributed by atoms with Crippen LogP contribution in [0.15, 0.2) is 0 Å². The van der Waals surface area contributed by atoms with Gasteiger partial charge >= 0.3 is 0 Å². The number of carbonyl (C=O) groups is 1.